The summed E-state index contributed by atoms with van der Waals surface area (Å²) in [5, 5.41) is 3.89. The van der Waals surface area contributed by atoms with E-state index in [4.69, 9.17) is 11.6 Å². The molecule has 0 aliphatic heterocycles. The van der Waals surface area contributed by atoms with E-state index in [1.165, 1.54) is 6.20 Å². The first kappa shape index (κ1) is 21.1. The molecule has 0 unspecified atom stereocenters. The number of amides is 1. The van der Waals surface area contributed by atoms with Crippen molar-refractivity contribution in [3.8, 4) is 0 Å². The topological polar surface area (TPSA) is 81.1 Å². The fourth-order valence-corrected chi connectivity index (χ4v) is 5.13. The monoisotopic (exact) mass is 453 g/mol. The fourth-order valence-electron chi connectivity index (χ4n) is 3.42. The first-order chi connectivity index (χ1) is 14.8. The van der Waals surface area contributed by atoms with Crippen molar-refractivity contribution >= 4 is 44.1 Å². The molecule has 0 aliphatic carbocycles. The number of carbonyl (C=O) groups excluding carboxylic acids is 1. The molecule has 2 aromatic carbocycles. The second-order valence-electron chi connectivity index (χ2n) is 7.24. The summed E-state index contributed by atoms with van der Waals surface area (Å²) in [5.74, 6) is 0.00922. The molecule has 0 fully saturated rings. The van der Waals surface area contributed by atoms with Crippen LogP contribution >= 0.6 is 11.6 Å². The number of aromatic nitrogens is 2. The molecule has 158 valence electrons. The lowest BCUT2D eigenvalue weighted by atomic mass is 10.2. The lowest BCUT2D eigenvalue weighted by Crippen LogP contribution is -2.19. The van der Waals surface area contributed by atoms with Crippen molar-refractivity contribution in [3.05, 3.63) is 89.2 Å². The van der Waals surface area contributed by atoms with Crippen molar-refractivity contribution < 1.29 is 13.2 Å². The van der Waals surface area contributed by atoms with Gasteiger partial charge in [0.2, 0.25) is 5.91 Å². The van der Waals surface area contributed by atoms with Crippen molar-refractivity contribution in [1.29, 1.82) is 0 Å². The number of benzene rings is 2. The summed E-state index contributed by atoms with van der Waals surface area (Å²) in [6.45, 7) is 1.81. The largest absolute Gasteiger partial charge is 0.337 e. The van der Waals surface area contributed by atoms with Gasteiger partial charge >= 0.3 is 0 Å². The van der Waals surface area contributed by atoms with Crippen LogP contribution in [0.5, 0.6) is 0 Å². The van der Waals surface area contributed by atoms with Gasteiger partial charge in [-0.05, 0) is 42.8 Å². The number of carbonyl (C=O) groups is 1. The summed E-state index contributed by atoms with van der Waals surface area (Å²) in [7, 11) is -3.64. The smallest absolute Gasteiger partial charge is 0.245 e. The van der Waals surface area contributed by atoms with Crippen molar-refractivity contribution in [2.75, 3.05) is 5.32 Å². The summed E-state index contributed by atoms with van der Waals surface area (Å²) < 4.78 is 28.0. The van der Waals surface area contributed by atoms with Gasteiger partial charge in [-0.25, -0.2) is 13.4 Å². The highest BCUT2D eigenvalue weighted by Gasteiger charge is 2.22. The van der Waals surface area contributed by atoms with Crippen LogP contribution in [0.25, 0.3) is 10.9 Å². The normalized spacial score (nSPS) is 11.5. The Morgan fingerprint density at radius 3 is 2.52 bits per heavy atom. The van der Waals surface area contributed by atoms with E-state index in [9.17, 15) is 13.2 Å². The second-order valence-corrected chi connectivity index (χ2v) is 9.63. The minimum absolute atomic E-state index is 0.0351. The minimum atomic E-state index is -3.64. The zero-order valence-corrected chi connectivity index (χ0v) is 18.3. The van der Waals surface area contributed by atoms with Crippen LogP contribution in [0.1, 0.15) is 11.3 Å². The SMILES string of the molecule is Cc1cccc(NC(=O)Cn2cc(S(=O)(=O)Cc3ccc(Cl)cc3)c3ccccc32)n1. The number of para-hydroxylation sites is 1. The molecule has 0 saturated heterocycles. The zero-order chi connectivity index (χ0) is 22.0. The van der Waals surface area contributed by atoms with Gasteiger partial charge in [-0.1, -0.05) is 48.0 Å². The Balaban J connectivity index is 1.64. The summed E-state index contributed by atoms with van der Waals surface area (Å²) in [5.41, 5.74) is 2.11. The van der Waals surface area contributed by atoms with Gasteiger partial charge in [-0.15, -0.1) is 0 Å². The number of hydrogen-bond donors (Lipinski definition) is 1. The van der Waals surface area contributed by atoms with Crippen LogP contribution < -0.4 is 5.32 Å². The standard InChI is InChI=1S/C23H20ClN3O3S/c1-16-5-4-8-22(25-16)26-23(28)14-27-13-21(19-6-2-3-7-20(19)27)31(29,30)15-17-9-11-18(24)12-10-17/h2-13H,14-15H2,1H3,(H,25,26,28). The number of hydrogen-bond acceptors (Lipinski definition) is 4. The van der Waals surface area contributed by atoms with E-state index in [1.807, 2.05) is 25.1 Å². The van der Waals surface area contributed by atoms with Crippen LogP contribution in [0.3, 0.4) is 0 Å². The first-order valence-electron chi connectivity index (χ1n) is 9.60. The van der Waals surface area contributed by atoms with Gasteiger partial charge in [0.05, 0.1) is 10.6 Å². The summed E-state index contributed by atoms with van der Waals surface area (Å²) in [6.07, 6.45) is 1.53. The quantitative estimate of drug-likeness (QED) is 0.462. The molecule has 0 radical (unpaired) electrons. The lowest BCUT2D eigenvalue weighted by molar-refractivity contribution is -0.116. The molecule has 6 nitrogen and oxygen atoms in total. The van der Waals surface area contributed by atoms with Crippen molar-refractivity contribution in [3.63, 3.8) is 0 Å². The number of pyridine rings is 1. The molecule has 2 heterocycles. The molecule has 1 N–H and O–H groups in total. The van der Waals surface area contributed by atoms with Crippen LogP contribution in [-0.4, -0.2) is 23.9 Å². The number of nitrogens with one attached hydrogen (secondary N) is 1. The maximum atomic E-state index is 13.2. The average molecular weight is 454 g/mol. The van der Waals surface area contributed by atoms with E-state index in [2.05, 4.69) is 10.3 Å². The predicted octanol–water partition coefficient (Wildman–Crippen LogP) is 4.61. The highest BCUT2D eigenvalue weighted by Crippen LogP contribution is 2.28. The number of halogens is 1. The number of sulfone groups is 1. The molecule has 31 heavy (non-hydrogen) atoms. The molecule has 2 aromatic heterocycles. The van der Waals surface area contributed by atoms with Crippen molar-refractivity contribution in [1.82, 2.24) is 9.55 Å². The molecule has 4 aromatic rings. The molecule has 0 saturated carbocycles. The Kier molecular flexibility index (Phi) is 5.80. The minimum Gasteiger partial charge on any atom is -0.337 e. The molecule has 0 bridgehead atoms. The third kappa shape index (κ3) is 4.78. The molecule has 1 amide bonds. The zero-order valence-electron chi connectivity index (χ0n) is 16.7. The first-order valence-corrected chi connectivity index (χ1v) is 11.6. The average Bonchev–Trinajstić information content (AvgIpc) is 3.09. The van der Waals surface area contributed by atoms with Crippen LogP contribution in [0, 0.1) is 6.92 Å². The molecule has 8 heteroatoms. The molecule has 0 atom stereocenters. The van der Waals surface area contributed by atoms with E-state index < -0.39 is 9.84 Å². The molecule has 4 rings (SSSR count). The van der Waals surface area contributed by atoms with E-state index in [-0.39, 0.29) is 23.1 Å². The number of anilines is 1. The number of rotatable bonds is 6. The van der Waals surface area contributed by atoms with Crippen LogP contribution in [0.15, 0.2) is 77.8 Å². The number of aryl methyl sites for hydroxylation is 1. The van der Waals surface area contributed by atoms with E-state index in [1.54, 1.807) is 53.1 Å². The summed E-state index contributed by atoms with van der Waals surface area (Å²) >= 11 is 5.90. The fraction of sp³-hybridized carbons (Fsp3) is 0.130. The molecular weight excluding hydrogens is 434 g/mol. The van der Waals surface area contributed by atoms with Crippen molar-refractivity contribution in [2.24, 2.45) is 0 Å². The van der Waals surface area contributed by atoms with Gasteiger partial charge in [0.1, 0.15) is 12.4 Å². The van der Waals surface area contributed by atoms with E-state index >= 15 is 0 Å². The van der Waals surface area contributed by atoms with Gasteiger partial charge in [-0.2, -0.15) is 0 Å². The molecule has 0 spiro atoms. The van der Waals surface area contributed by atoms with Crippen LogP contribution in [0.2, 0.25) is 5.02 Å². The third-order valence-electron chi connectivity index (χ3n) is 4.83. The van der Waals surface area contributed by atoms with Crippen molar-refractivity contribution in [2.45, 2.75) is 24.1 Å². The number of fused-ring (bicyclic) bond motifs is 1. The maximum absolute atomic E-state index is 13.2. The highest BCUT2D eigenvalue weighted by molar-refractivity contribution is 7.90. The van der Waals surface area contributed by atoms with Gasteiger partial charge in [0, 0.05) is 27.8 Å². The highest BCUT2D eigenvalue weighted by atomic mass is 35.5. The Hall–Kier alpha value is -3.16. The van der Waals surface area contributed by atoms with E-state index in [0.717, 1.165) is 5.69 Å². The van der Waals surface area contributed by atoms with Gasteiger partial charge in [-0.3, -0.25) is 4.79 Å². The Labute approximate surface area is 185 Å². The van der Waals surface area contributed by atoms with Gasteiger partial charge in [0.15, 0.2) is 9.84 Å². The lowest BCUT2D eigenvalue weighted by Gasteiger charge is -2.07. The molecular formula is C23H20ClN3O3S. The Morgan fingerprint density at radius 2 is 1.77 bits per heavy atom. The molecule has 0 aliphatic rings. The third-order valence-corrected chi connectivity index (χ3v) is 6.79. The Bertz CT molecular complexity index is 1360. The number of nitrogens with zero attached hydrogens (tertiary/aromatic N) is 2. The Morgan fingerprint density at radius 1 is 1.03 bits per heavy atom. The van der Waals surface area contributed by atoms with Crippen LogP contribution in [0.4, 0.5) is 5.82 Å². The summed E-state index contributed by atoms with van der Waals surface area (Å²) in [4.78, 5) is 17.0. The van der Waals surface area contributed by atoms with Gasteiger partial charge < -0.3 is 9.88 Å². The summed E-state index contributed by atoms with van der Waals surface area (Å²) in [6, 6.07) is 19.2. The predicted molar refractivity (Wildman–Crippen MR) is 122 cm³/mol. The second kappa shape index (κ2) is 8.53. The van der Waals surface area contributed by atoms with Gasteiger partial charge in [0.25, 0.3) is 0 Å². The van der Waals surface area contributed by atoms with E-state index in [0.29, 0.717) is 27.3 Å². The maximum Gasteiger partial charge on any atom is 0.245 e. The van der Waals surface area contributed by atoms with Crippen LogP contribution in [-0.2, 0) is 26.9 Å².